The molecule has 3 heteroatoms. The molecule has 1 aliphatic heterocycles. The largest absolute Gasteiger partial charge is 0.373 e. The second-order valence-corrected chi connectivity index (χ2v) is 3.83. The van der Waals surface area contributed by atoms with E-state index >= 15 is 0 Å². The molecule has 1 aliphatic rings. The average molecular weight is 196 g/mol. The van der Waals surface area contributed by atoms with E-state index in [0.717, 1.165) is 0 Å². The van der Waals surface area contributed by atoms with Crippen molar-refractivity contribution in [3.05, 3.63) is 12.2 Å². The zero-order valence-electron chi connectivity index (χ0n) is 8.66. The zero-order valence-corrected chi connectivity index (χ0v) is 8.66. The molecule has 1 heterocycles. The molecule has 78 valence electrons. The van der Waals surface area contributed by atoms with Crippen molar-refractivity contribution in [3.8, 4) is 0 Å². The van der Waals surface area contributed by atoms with Crippen molar-refractivity contribution in [2.45, 2.75) is 32.8 Å². The van der Waals surface area contributed by atoms with E-state index in [4.69, 9.17) is 4.74 Å². The maximum absolute atomic E-state index is 10.8. The van der Waals surface area contributed by atoms with Crippen LogP contribution < -0.4 is 0 Å². The van der Waals surface area contributed by atoms with E-state index in [-0.39, 0.29) is 23.6 Å². The molecular formula is C11H16O3. The Balaban J connectivity index is 2.39. The van der Waals surface area contributed by atoms with Crippen molar-refractivity contribution < 1.29 is 14.3 Å². The first-order valence-corrected chi connectivity index (χ1v) is 4.86. The molecule has 0 bridgehead atoms. The van der Waals surface area contributed by atoms with Gasteiger partial charge in [-0.15, -0.1) is 0 Å². The molecule has 0 spiro atoms. The van der Waals surface area contributed by atoms with E-state index in [9.17, 15) is 9.59 Å². The molecule has 0 aliphatic carbocycles. The van der Waals surface area contributed by atoms with Crippen LogP contribution in [0.1, 0.15) is 26.7 Å². The minimum Gasteiger partial charge on any atom is -0.373 e. The monoisotopic (exact) mass is 196 g/mol. The SMILES string of the molecule is CC(=O)C[C@@H]1C=C[C@H](CC(C)=O)OC1. The Labute approximate surface area is 84.1 Å². The highest BCUT2D eigenvalue weighted by Gasteiger charge is 2.18. The van der Waals surface area contributed by atoms with Gasteiger partial charge in [0.15, 0.2) is 0 Å². The minimum absolute atomic E-state index is 0.0873. The Morgan fingerprint density at radius 1 is 1.21 bits per heavy atom. The number of hydrogen-bond donors (Lipinski definition) is 0. The van der Waals surface area contributed by atoms with E-state index in [0.29, 0.717) is 19.4 Å². The summed E-state index contributed by atoms with van der Waals surface area (Å²) in [5.41, 5.74) is 0. The number of Topliss-reactive ketones (excluding diaryl/α,β-unsaturated/α-hetero) is 2. The normalized spacial score (nSPS) is 26.1. The van der Waals surface area contributed by atoms with E-state index in [2.05, 4.69) is 0 Å². The lowest BCUT2D eigenvalue weighted by Crippen LogP contribution is -2.23. The van der Waals surface area contributed by atoms with Crippen LogP contribution in [0.15, 0.2) is 12.2 Å². The van der Waals surface area contributed by atoms with Gasteiger partial charge in [-0.05, 0) is 13.8 Å². The predicted octanol–water partition coefficient (Wildman–Crippen LogP) is 1.52. The zero-order chi connectivity index (χ0) is 10.6. The van der Waals surface area contributed by atoms with Gasteiger partial charge >= 0.3 is 0 Å². The number of ketones is 2. The van der Waals surface area contributed by atoms with Gasteiger partial charge in [-0.25, -0.2) is 0 Å². The van der Waals surface area contributed by atoms with Crippen LogP contribution in [0, 0.1) is 5.92 Å². The maximum Gasteiger partial charge on any atom is 0.132 e. The molecule has 0 aromatic carbocycles. The van der Waals surface area contributed by atoms with Crippen LogP contribution >= 0.6 is 0 Å². The second kappa shape index (κ2) is 5.05. The molecule has 3 nitrogen and oxygen atoms in total. The van der Waals surface area contributed by atoms with E-state index in [1.54, 1.807) is 13.8 Å². The lowest BCUT2D eigenvalue weighted by Gasteiger charge is -2.22. The van der Waals surface area contributed by atoms with Crippen LogP contribution in [0.25, 0.3) is 0 Å². The highest BCUT2D eigenvalue weighted by molar-refractivity contribution is 5.76. The smallest absolute Gasteiger partial charge is 0.132 e. The molecule has 0 fully saturated rings. The molecule has 0 radical (unpaired) electrons. The predicted molar refractivity (Wildman–Crippen MR) is 53.0 cm³/mol. The first kappa shape index (κ1) is 11.1. The van der Waals surface area contributed by atoms with Crippen LogP contribution in [0.4, 0.5) is 0 Å². The summed E-state index contributed by atoms with van der Waals surface area (Å²) in [6.07, 6.45) is 4.75. The molecule has 0 saturated carbocycles. The molecule has 14 heavy (non-hydrogen) atoms. The first-order chi connectivity index (χ1) is 6.58. The molecule has 0 amide bonds. The van der Waals surface area contributed by atoms with Gasteiger partial charge < -0.3 is 9.53 Å². The lowest BCUT2D eigenvalue weighted by atomic mass is 9.99. The van der Waals surface area contributed by atoms with Gasteiger partial charge in [0.2, 0.25) is 0 Å². The van der Waals surface area contributed by atoms with Crippen molar-refractivity contribution in [2.24, 2.45) is 5.92 Å². The summed E-state index contributed by atoms with van der Waals surface area (Å²) in [5.74, 6) is 0.494. The van der Waals surface area contributed by atoms with Crippen LogP contribution in [0.2, 0.25) is 0 Å². The van der Waals surface area contributed by atoms with Crippen molar-refractivity contribution in [1.82, 2.24) is 0 Å². The third kappa shape index (κ3) is 3.83. The summed E-state index contributed by atoms with van der Waals surface area (Å²) in [4.78, 5) is 21.6. The molecular weight excluding hydrogens is 180 g/mol. The fourth-order valence-corrected chi connectivity index (χ4v) is 1.55. The van der Waals surface area contributed by atoms with Crippen molar-refractivity contribution >= 4 is 11.6 Å². The van der Waals surface area contributed by atoms with E-state index in [1.807, 2.05) is 12.2 Å². The van der Waals surface area contributed by atoms with Gasteiger partial charge in [0, 0.05) is 18.8 Å². The fraction of sp³-hybridized carbons (Fsp3) is 0.636. The molecule has 0 N–H and O–H groups in total. The Hall–Kier alpha value is -0.960. The van der Waals surface area contributed by atoms with Gasteiger partial charge in [-0.2, -0.15) is 0 Å². The number of ether oxygens (including phenoxy) is 1. The van der Waals surface area contributed by atoms with Crippen molar-refractivity contribution in [1.29, 1.82) is 0 Å². The van der Waals surface area contributed by atoms with E-state index < -0.39 is 0 Å². The van der Waals surface area contributed by atoms with E-state index in [1.165, 1.54) is 0 Å². The van der Waals surface area contributed by atoms with Gasteiger partial charge in [-0.1, -0.05) is 12.2 Å². The maximum atomic E-state index is 10.8. The van der Waals surface area contributed by atoms with Gasteiger partial charge in [0.05, 0.1) is 12.7 Å². The quantitative estimate of drug-likeness (QED) is 0.640. The molecule has 1 rings (SSSR count). The van der Waals surface area contributed by atoms with Crippen LogP contribution in [0.3, 0.4) is 0 Å². The summed E-state index contributed by atoms with van der Waals surface area (Å²) in [6.45, 7) is 3.68. The third-order valence-corrected chi connectivity index (χ3v) is 2.16. The Bertz CT molecular complexity index is 229. The van der Waals surface area contributed by atoms with Crippen molar-refractivity contribution in [3.63, 3.8) is 0 Å². The third-order valence-electron chi connectivity index (χ3n) is 2.16. The van der Waals surface area contributed by atoms with Crippen molar-refractivity contribution in [2.75, 3.05) is 6.61 Å². The summed E-state index contributed by atoms with van der Waals surface area (Å²) < 4.78 is 5.44. The van der Waals surface area contributed by atoms with Crippen LogP contribution in [0.5, 0.6) is 0 Å². The molecule has 0 aromatic rings. The summed E-state index contributed by atoms with van der Waals surface area (Å²) in [7, 11) is 0. The van der Waals surface area contributed by atoms with Gasteiger partial charge in [-0.3, -0.25) is 4.79 Å². The topological polar surface area (TPSA) is 43.4 Å². The average Bonchev–Trinajstić information content (AvgIpc) is 2.06. The molecule has 0 aromatic heterocycles. The number of carbonyl (C=O) groups excluding carboxylic acids is 2. The van der Waals surface area contributed by atoms with Crippen LogP contribution in [-0.2, 0) is 14.3 Å². The highest BCUT2D eigenvalue weighted by Crippen LogP contribution is 2.16. The summed E-state index contributed by atoms with van der Waals surface area (Å²) in [5, 5.41) is 0. The van der Waals surface area contributed by atoms with Crippen LogP contribution in [-0.4, -0.2) is 24.3 Å². The van der Waals surface area contributed by atoms with Gasteiger partial charge in [0.1, 0.15) is 11.6 Å². The fourth-order valence-electron chi connectivity index (χ4n) is 1.55. The standard InChI is InChI=1S/C11H16O3/c1-8(12)5-10-3-4-11(14-7-10)6-9(2)13/h3-4,10-11H,5-7H2,1-2H3/t10-,11+/m0/s1. The lowest BCUT2D eigenvalue weighted by molar-refractivity contribution is -0.121. The molecule has 2 atom stereocenters. The van der Waals surface area contributed by atoms with Gasteiger partial charge in [0.25, 0.3) is 0 Å². The Morgan fingerprint density at radius 3 is 2.29 bits per heavy atom. The highest BCUT2D eigenvalue weighted by atomic mass is 16.5. The Morgan fingerprint density at radius 2 is 1.86 bits per heavy atom. The second-order valence-electron chi connectivity index (χ2n) is 3.83. The summed E-state index contributed by atoms with van der Waals surface area (Å²) >= 11 is 0. The molecule has 0 saturated heterocycles. The minimum atomic E-state index is -0.0873. The molecule has 0 unspecified atom stereocenters. The first-order valence-electron chi connectivity index (χ1n) is 4.86. The number of rotatable bonds is 4. The number of hydrogen-bond acceptors (Lipinski definition) is 3. The Kier molecular flexibility index (Phi) is 4.01. The summed E-state index contributed by atoms with van der Waals surface area (Å²) in [6, 6.07) is 0. The number of carbonyl (C=O) groups is 2.